The number of nitrogens with one attached hydrogen (secondary N) is 1. The Morgan fingerprint density at radius 2 is 2.00 bits per heavy atom. The third kappa shape index (κ3) is 5.10. The molecule has 2 rings (SSSR count). The second-order valence-corrected chi connectivity index (χ2v) is 4.77. The smallest absolute Gasteiger partial charge is 0.236 e. The Kier molecular flexibility index (Phi) is 5.10. The summed E-state index contributed by atoms with van der Waals surface area (Å²) in [5, 5.41) is 3.81. The van der Waals surface area contributed by atoms with E-state index in [-0.39, 0.29) is 5.91 Å². The van der Waals surface area contributed by atoms with Crippen LogP contribution >= 0.6 is 0 Å². The monoisotopic (exact) mass is 282 g/mol. The minimum atomic E-state index is -0.190. The van der Waals surface area contributed by atoms with E-state index in [1.165, 1.54) is 12.5 Å². The number of hydrogen-bond donors (Lipinski definition) is 1. The molecule has 0 radical (unpaired) electrons. The van der Waals surface area contributed by atoms with Gasteiger partial charge in [-0.15, -0.1) is 0 Å². The lowest BCUT2D eigenvalue weighted by atomic mass is 10.1. The van der Waals surface area contributed by atoms with Gasteiger partial charge in [-0.3, -0.25) is 4.79 Å². The summed E-state index contributed by atoms with van der Waals surface area (Å²) in [6.07, 6.45) is 1.59. The molecule has 0 heterocycles. The third-order valence-electron chi connectivity index (χ3n) is 2.80. The highest BCUT2D eigenvalue weighted by atomic mass is 16.5. The molecule has 0 bridgehead atoms. The van der Waals surface area contributed by atoms with Crippen LogP contribution in [-0.2, 0) is 11.4 Å². The summed E-state index contributed by atoms with van der Waals surface area (Å²) in [5.41, 5.74) is 5.62. The minimum Gasteiger partial charge on any atom is -0.489 e. The lowest BCUT2D eigenvalue weighted by Gasteiger charge is -2.07. The van der Waals surface area contributed by atoms with Gasteiger partial charge in [-0.25, -0.2) is 5.43 Å². The Labute approximate surface area is 124 Å². The SMILES string of the molecule is CC(=O)N/N=C\c1ccc(OCc2cccc(C)c2)cc1. The number of nitrogens with zero attached hydrogens (tertiary/aromatic N) is 1. The van der Waals surface area contributed by atoms with Gasteiger partial charge in [0.1, 0.15) is 12.4 Å². The van der Waals surface area contributed by atoms with Crippen LogP contribution in [0.2, 0.25) is 0 Å². The molecule has 0 aliphatic rings. The predicted octanol–water partition coefficient (Wildman–Crippen LogP) is 3.04. The first-order chi connectivity index (χ1) is 10.1. The number of ether oxygens (including phenoxy) is 1. The van der Waals surface area contributed by atoms with E-state index < -0.39 is 0 Å². The molecule has 0 spiro atoms. The van der Waals surface area contributed by atoms with E-state index >= 15 is 0 Å². The zero-order valence-corrected chi connectivity index (χ0v) is 12.2. The molecule has 0 aromatic heterocycles. The molecule has 0 unspecified atom stereocenters. The van der Waals surface area contributed by atoms with Crippen LogP contribution in [0.3, 0.4) is 0 Å². The van der Waals surface area contributed by atoms with Gasteiger partial charge in [0, 0.05) is 6.92 Å². The molecule has 21 heavy (non-hydrogen) atoms. The first-order valence-electron chi connectivity index (χ1n) is 6.71. The van der Waals surface area contributed by atoms with E-state index in [1.807, 2.05) is 36.4 Å². The molecule has 0 aliphatic heterocycles. The van der Waals surface area contributed by atoms with Gasteiger partial charge in [0.15, 0.2) is 0 Å². The van der Waals surface area contributed by atoms with Crippen molar-refractivity contribution in [3.05, 3.63) is 65.2 Å². The highest BCUT2D eigenvalue weighted by molar-refractivity contribution is 5.81. The van der Waals surface area contributed by atoms with Crippen molar-refractivity contribution in [2.75, 3.05) is 0 Å². The van der Waals surface area contributed by atoms with Gasteiger partial charge < -0.3 is 4.74 Å². The summed E-state index contributed by atoms with van der Waals surface area (Å²) in [5.74, 6) is 0.609. The van der Waals surface area contributed by atoms with Gasteiger partial charge in [0.2, 0.25) is 5.91 Å². The van der Waals surface area contributed by atoms with E-state index in [0.29, 0.717) is 6.61 Å². The summed E-state index contributed by atoms with van der Waals surface area (Å²) in [6.45, 7) is 4.02. The van der Waals surface area contributed by atoms with E-state index in [9.17, 15) is 4.79 Å². The minimum absolute atomic E-state index is 0.190. The molecule has 1 amide bonds. The highest BCUT2D eigenvalue weighted by Gasteiger charge is 1.97. The Balaban J connectivity index is 1.90. The van der Waals surface area contributed by atoms with Crippen molar-refractivity contribution in [2.24, 2.45) is 5.10 Å². The average Bonchev–Trinajstić information content (AvgIpc) is 2.46. The van der Waals surface area contributed by atoms with Crippen molar-refractivity contribution in [1.82, 2.24) is 5.43 Å². The normalized spacial score (nSPS) is 10.6. The Hall–Kier alpha value is -2.62. The van der Waals surface area contributed by atoms with E-state index in [0.717, 1.165) is 16.9 Å². The molecule has 108 valence electrons. The topological polar surface area (TPSA) is 50.7 Å². The number of hydrogen-bond acceptors (Lipinski definition) is 3. The molecule has 2 aromatic rings. The molecule has 0 aliphatic carbocycles. The van der Waals surface area contributed by atoms with Gasteiger partial charge in [-0.2, -0.15) is 5.10 Å². The first-order valence-corrected chi connectivity index (χ1v) is 6.71. The van der Waals surface area contributed by atoms with Crippen LogP contribution in [0, 0.1) is 6.92 Å². The number of amides is 1. The van der Waals surface area contributed by atoms with E-state index in [1.54, 1.807) is 6.21 Å². The summed E-state index contributed by atoms with van der Waals surface area (Å²) >= 11 is 0. The molecular weight excluding hydrogens is 264 g/mol. The number of hydrazone groups is 1. The lowest BCUT2D eigenvalue weighted by Crippen LogP contribution is -2.12. The Morgan fingerprint density at radius 1 is 1.24 bits per heavy atom. The number of carbonyl (C=O) groups is 1. The van der Waals surface area contributed by atoms with Crippen LogP contribution in [0.1, 0.15) is 23.6 Å². The maximum Gasteiger partial charge on any atom is 0.236 e. The molecule has 0 saturated heterocycles. The average molecular weight is 282 g/mol. The largest absolute Gasteiger partial charge is 0.489 e. The van der Waals surface area contributed by atoms with Gasteiger partial charge >= 0.3 is 0 Å². The summed E-state index contributed by atoms with van der Waals surface area (Å²) < 4.78 is 5.73. The predicted molar refractivity (Wildman–Crippen MR) is 83.4 cm³/mol. The first kappa shape index (κ1) is 14.8. The summed E-state index contributed by atoms with van der Waals surface area (Å²) in [7, 11) is 0. The molecular formula is C17H18N2O2. The number of aryl methyl sites for hydroxylation is 1. The second-order valence-electron chi connectivity index (χ2n) is 4.77. The van der Waals surface area contributed by atoms with Crippen molar-refractivity contribution >= 4 is 12.1 Å². The van der Waals surface area contributed by atoms with Crippen LogP contribution in [-0.4, -0.2) is 12.1 Å². The van der Waals surface area contributed by atoms with Crippen LogP contribution in [0.25, 0.3) is 0 Å². The number of benzene rings is 2. The highest BCUT2D eigenvalue weighted by Crippen LogP contribution is 2.14. The lowest BCUT2D eigenvalue weighted by molar-refractivity contribution is -0.118. The Bertz CT molecular complexity index is 633. The maximum atomic E-state index is 10.7. The molecule has 0 atom stereocenters. The van der Waals surface area contributed by atoms with Crippen molar-refractivity contribution < 1.29 is 9.53 Å². The van der Waals surface area contributed by atoms with Crippen LogP contribution in [0.4, 0.5) is 0 Å². The van der Waals surface area contributed by atoms with Crippen molar-refractivity contribution in [3.8, 4) is 5.75 Å². The van der Waals surface area contributed by atoms with Crippen LogP contribution in [0.5, 0.6) is 5.75 Å². The van der Waals surface area contributed by atoms with Crippen molar-refractivity contribution in [1.29, 1.82) is 0 Å². The van der Waals surface area contributed by atoms with Crippen LogP contribution < -0.4 is 10.2 Å². The van der Waals surface area contributed by atoms with Crippen molar-refractivity contribution in [3.63, 3.8) is 0 Å². The zero-order chi connectivity index (χ0) is 15.1. The molecule has 0 fully saturated rings. The fraction of sp³-hybridized carbons (Fsp3) is 0.176. The van der Waals surface area contributed by atoms with E-state index in [2.05, 4.69) is 29.6 Å². The summed E-state index contributed by atoms with van der Waals surface area (Å²) in [4.78, 5) is 10.7. The molecule has 4 heteroatoms. The fourth-order valence-corrected chi connectivity index (χ4v) is 1.82. The quantitative estimate of drug-likeness (QED) is 0.677. The fourth-order valence-electron chi connectivity index (χ4n) is 1.82. The Morgan fingerprint density at radius 3 is 2.67 bits per heavy atom. The zero-order valence-electron chi connectivity index (χ0n) is 12.2. The molecule has 2 aromatic carbocycles. The van der Waals surface area contributed by atoms with Gasteiger partial charge in [-0.05, 0) is 42.3 Å². The maximum absolute atomic E-state index is 10.7. The number of rotatable bonds is 5. The second kappa shape index (κ2) is 7.24. The van der Waals surface area contributed by atoms with Crippen molar-refractivity contribution in [2.45, 2.75) is 20.5 Å². The van der Waals surface area contributed by atoms with Gasteiger partial charge in [-0.1, -0.05) is 29.8 Å². The van der Waals surface area contributed by atoms with Gasteiger partial charge in [0.05, 0.1) is 6.21 Å². The molecule has 4 nitrogen and oxygen atoms in total. The van der Waals surface area contributed by atoms with Gasteiger partial charge in [0.25, 0.3) is 0 Å². The standard InChI is InChI=1S/C17H18N2O2/c1-13-4-3-5-16(10-13)12-21-17-8-6-15(7-9-17)11-18-19-14(2)20/h3-11H,12H2,1-2H3,(H,19,20)/b18-11-. The molecule has 1 N–H and O–H groups in total. The number of carbonyl (C=O) groups excluding carboxylic acids is 1. The molecule has 0 saturated carbocycles. The third-order valence-corrected chi connectivity index (χ3v) is 2.80. The summed E-state index contributed by atoms with van der Waals surface area (Å²) in [6, 6.07) is 15.8. The van der Waals surface area contributed by atoms with E-state index in [4.69, 9.17) is 4.74 Å². The van der Waals surface area contributed by atoms with Crippen LogP contribution in [0.15, 0.2) is 53.6 Å².